The summed E-state index contributed by atoms with van der Waals surface area (Å²) in [5.41, 5.74) is 8.57. The van der Waals surface area contributed by atoms with Gasteiger partial charge in [0.05, 0.1) is 44.7 Å². The minimum Gasteiger partial charge on any atom is -0.307 e. The number of pyridine rings is 2. The van der Waals surface area contributed by atoms with Gasteiger partial charge < -0.3 is 4.57 Å². The van der Waals surface area contributed by atoms with Crippen molar-refractivity contribution in [2.24, 2.45) is 0 Å². The van der Waals surface area contributed by atoms with Crippen LogP contribution in [0.25, 0.3) is 60.9 Å². The van der Waals surface area contributed by atoms with E-state index in [9.17, 15) is 20.1 Å². The van der Waals surface area contributed by atoms with E-state index in [0.717, 1.165) is 55.2 Å². The smallest absolute Gasteiger partial charge is 0.268 e. The highest BCUT2D eigenvalue weighted by Gasteiger charge is 2.40. The quantitative estimate of drug-likeness (QED) is 0.169. The molecule has 4 heterocycles. The van der Waals surface area contributed by atoms with E-state index in [2.05, 4.69) is 22.1 Å². The number of imide groups is 1. The molecule has 0 aliphatic carbocycles. The molecule has 0 saturated carbocycles. The molecule has 0 spiro atoms. The zero-order valence-corrected chi connectivity index (χ0v) is 27.4. The van der Waals surface area contributed by atoms with Gasteiger partial charge in [-0.05, 0) is 35.9 Å². The average Bonchev–Trinajstić information content (AvgIpc) is 3.68. The fourth-order valence-electron chi connectivity index (χ4n) is 7.32. The standard InChI is InChI=1S/C44H24N6O2/c45-21-27-19-30(25-47-23-27)33-12-6-14-35-36-15-7-13-34(31-20-28(22-46)24-48-26-31)42(36)49(41(33)35)39-18-8-16-37-40(39)44(52)50(43(37)51)38-17-5-4-11-32(38)29-9-2-1-3-10-29/h1-20,23-26H. The number of anilines is 1. The number of nitriles is 2. The Morgan fingerprint density at radius 2 is 1.00 bits per heavy atom. The molecule has 8 heteroatoms. The van der Waals surface area contributed by atoms with Gasteiger partial charge in [-0.15, -0.1) is 0 Å². The number of benzene rings is 5. The number of nitrogens with zero attached hydrogens (tertiary/aromatic N) is 6. The van der Waals surface area contributed by atoms with Crippen LogP contribution in [0.4, 0.5) is 5.69 Å². The van der Waals surface area contributed by atoms with Crippen LogP contribution in [0.3, 0.4) is 0 Å². The number of fused-ring (bicyclic) bond motifs is 4. The number of carbonyl (C=O) groups is 2. The van der Waals surface area contributed by atoms with Crippen molar-refractivity contribution in [3.05, 3.63) is 168 Å². The van der Waals surface area contributed by atoms with Crippen LogP contribution in [-0.4, -0.2) is 26.3 Å². The largest absolute Gasteiger partial charge is 0.307 e. The summed E-state index contributed by atoms with van der Waals surface area (Å²) in [7, 11) is 0. The van der Waals surface area contributed by atoms with Crippen molar-refractivity contribution < 1.29 is 9.59 Å². The van der Waals surface area contributed by atoms with E-state index >= 15 is 0 Å². The van der Waals surface area contributed by atoms with E-state index in [4.69, 9.17) is 0 Å². The Bertz CT molecular complexity index is 2760. The van der Waals surface area contributed by atoms with Crippen LogP contribution in [0.1, 0.15) is 31.8 Å². The molecule has 242 valence electrons. The number of para-hydroxylation sites is 3. The molecule has 5 aromatic carbocycles. The topological polar surface area (TPSA) is 116 Å². The molecule has 52 heavy (non-hydrogen) atoms. The monoisotopic (exact) mass is 668 g/mol. The minimum atomic E-state index is -0.440. The van der Waals surface area contributed by atoms with E-state index < -0.39 is 11.8 Å². The zero-order chi connectivity index (χ0) is 35.3. The number of amides is 2. The van der Waals surface area contributed by atoms with Gasteiger partial charge in [-0.25, -0.2) is 4.90 Å². The van der Waals surface area contributed by atoms with Gasteiger partial charge in [-0.2, -0.15) is 10.5 Å². The molecule has 1 aliphatic heterocycles. The van der Waals surface area contributed by atoms with Crippen molar-refractivity contribution in [3.8, 4) is 51.2 Å². The average molecular weight is 669 g/mol. The lowest BCUT2D eigenvalue weighted by atomic mass is 10.0. The maximum Gasteiger partial charge on any atom is 0.268 e. The third-order valence-electron chi connectivity index (χ3n) is 9.53. The molecule has 0 bridgehead atoms. The molecule has 3 aromatic heterocycles. The number of hydrogen-bond acceptors (Lipinski definition) is 6. The molecule has 0 atom stereocenters. The lowest BCUT2D eigenvalue weighted by Gasteiger charge is -2.19. The van der Waals surface area contributed by atoms with E-state index in [1.165, 1.54) is 17.3 Å². The third kappa shape index (κ3) is 4.60. The minimum absolute atomic E-state index is 0.270. The van der Waals surface area contributed by atoms with E-state index in [-0.39, 0.29) is 11.1 Å². The second kappa shape index (κ2) is 12.0. The van der Waals surface area contributed by atoms with Gasteiger partial charge in [0.25, 0.3) is 11.8 Å². The van der Waals surface area contributed by atoms with Crippen LogP contribution in [0, 0.1) is 22.7 Å². The molecular weight excluding hydrogens is 645 g/mol. The van der Waals surface area contributed by atoms with Gasteiger partial charge in [0.1, 0.15) is 12.1 Å². The Morgan fingerprint density at radius 3 is 1.62 bits per heavy atom. The Kier molecular flexibility index (Phi) is 7.03. The number of carbonyl (C=O) groups excluding carboxylic acids is 2. The van der Waals surface area contributed by atoms with Gasteiger partial charge >= 0.3 is 0 Å². The van der Waals surface area contributed by atoms with Crippen molar-refractivity contribution in [3.63, 3.8) is 0 Å². The van der Waals surface area contributed by atoms with E-state index in [0.29, 0.717) is 22.5 Å². The van der Waals surface area contributed by atoms with Crippen LogP contribution in [-0.2, 0) is 0 Å². The molecule has 0 radical (unpaired) electrons. The van der Waals surface area contributed by atoms with Gasteiger partial charge in [-0.3, -0.25) is 19.6 Å². The molecular formula is C44H24N6O2. The van der Waals surface area contributed by atoms with Gasteiger partial charge in [-0.1, -0.05) is 91.0 Å². The highest BCUT2D eigenvalue weighted by Crippen LogP contribution is 2.44. The van der Waals surface area contributed by atoms with Crippen molar-refractivity contribution >= 4 is 39.3 Å². The van der Waals surface area contributed by atoms with Crippen LogP contribution >= 0.6 is 0 Å². The Hall–Kier alpha value is -7.68. The first-order valence-electron chi connectivity index (χ1n) is 16.5. The van der Waals surface area contributed by atoms with Crippen LogP contribution in [0.5, 0.6) is 0 Å². The molecule has 0 fully saturated rings. The summed E-state index contributed by atoms with van der Waals surface area (Å²) >= 11 is 0. The normalized spacial score (nSPS) is 12.2. The molecule has 1 aliphatic rings. The highest BCUT2D eigenvalue weighted by molar-refractivity contribution is 6.36. The van der Waals surface area contributed by atoms with Gasteiger partial charge in [0, 0.05) is 63.4 Å². The molecule has 9 rings (SSSR count). The molecule has 0 N–H and O–H groups in total. The fraction of sp³-hybridized carbons (Fsp3) is 0. The SMILES string of the molecule is N#Cc1cncc(-c2cccc3c4cccc(-c5cncc(C#N)c5)c4n(-c4cccc5c4C(=O)N(c4ccccc4-c4ccccc4)C5=O)c23)c1. The van der Waals surface area contributed by atoms with E-state index in [1.54, 1.807) is 42.7 Å². The molecule has 0 unspecified atom stereocenters. The molecule has 8 aromatic rings. The van der Waals surface area contributed by atoms with Gasteiger partial charge in [0.2, 0.25) is 0 Å². The fourth-order valence-corrected chi connectivity index (χ4v) is 7.32. The van der Waals surface area contributed by atoms with Crippen molar-refractivity contribution in [2.45, 2.75) is 0 Å². The van der Waals surface area contributed by atoms with Crippen LogP contribution < -0.4 is 4.90 Å². The Labute approximate surface area is 297 Å². The molecule has 2 amide bonds. The predicted octanol–water partition coefficient (Wildman–Crippen LogP) is 9.12. The zero-order valence-electron chi connectivity index (χ0n) is 27.4. The number of aromatic nitrogens is 3. The highest BCUT2D eigenvalue weighted by atomic mass is 16.2. The van der Waals surface area contributed by atoms with Crippen LogP contribution in [0.2, 0.25) is 0 Å². The summed E-state index contributed by atoms with van der Waals surface area (Å²) in [5.74, 6) is -0.853. The maximum atomic E-state index is 14.9. The lowest BCUT2D eigenvalue weighted by molar-refractivity contribution is 0.0926. The van der Waals surface area contributed by atoms with Crippen molar-refractivity contribution in [2.75, 3.05) is 4.90 Å². The Balaban J connectivity index is 1.37. The first-order valence-corrected chi connectivity index (χ1v) is 16.5. The summed E-state index contributed by atoms with van der Waals surface area (Å²) in [5, 5.41) is 21.3. The Morgan fingerprint density at radius 1 is 0.481 bits per heavy atom. The van der Waals surface area contributed by atoms with E-state index in [1.807, 2.05) is 95.6 Å². The summed E-state index contributed by atoms with van der Waals surface area (Å²) < 4.78 is 2.03. The van der Waals surface area contributed by atoms with Crippen LogP contribution in [0.15, 0.2) is 146 Å². The summed E-state index contributed by atoms with van der Waals surface area (Å²) in [4.78, 5) is 39.2. The number of hydrogen-bond donors (Lipinski definition) is 0. The second-order valence-corrected chi connectivity index (χ2v) is 12.4. The number of rotatable bonds is 5. The summed E-state index contributed by atoms with van der Waals surface area (Å²) in [6.07, 6.45) is 6.46. The lowest BCUT2D eigenvalue weighted by Crippen LogP contribution is -2.30. The first-order chi connectivity index (χ1) is 25.6. The molecule has 8 nitrogen and oxygen atoms in total. The van der Waals surface area contributed by atoms with Gasteiger partial charge in [0.15, 0.2) is 0 Å². The molecule has 0 saturated heterocycles. The van der Waals surface area contributed by atoms with Crippen molar-refractivity contribution in [1.29, 1.82) is 10.5 Å². The first kappa shape index (κ1) is 30.4. The second-order valence-electron chi connectivity index (χ2n) is 12.4. The van der Waals surface area contributed by atoms with Crippen molar-refractivity contribution in [1.82, 2.24) is 14.5 Å². The third-order valence-corrected chi connectivity index (χ3v) is 9.53. The predicted molar refractivity (Wildman–Crippen MR) is 200 cm³/mol. The maximum absolute atomic E-state index is 14.9. The summed E-state index contributed by atoms with van der Waals surface area (Å²) in [6.45, 7) is 0. The summed E-state index contributed by atoms with van der Waals surface area (Å²) in [6, 6.07) is 42.3.